The summed E-state index contributed by atoms with van der Waals surface area (Å²) in [6.07, 6.45) is 2.20. The number of esters is 1. The third-order valence-electron chi connectivity index (χ3n) is 1.72. The maximum atomic E-state index is 10.6. The van der Waals surface area contributed by atoms with Crippen LogP contribution in [0.4, 0.5) is 0 Å². The van der Waals surface area contributed by atoms with Crippen molar-refractivity contribution in [1.82, 2.24) is 0 Å². The summed E-state index contributed by atoms with van der Waals surface area (Å²) in [6.45, 7) is 3.54. The molecule has 14 heavy (non-hydrogen) atoms. The fourth-order valence-electron chi connectivity index (χ4n) is 1.18. The van der Waals surface area contributed by atoms with Gasteiger partial charge in [0.2, 0.25) is 0 Å². The number of hydrogen-bond acceptors (Lipinski definition) is 2. The van der Waals surface area contributed by atoms with Crippen molar-refractivity contribution in [3.05, 3.63) is 29.8 Å². The Morgan fingerprint density at radius 3 is 2.29 bits per heavy atom. The van der Waals surface area contributed by atoms with Crippen LogP contribution in [-0.2, 0) is 11.2 Å². The van der Waals surface area contributed by atoms with Crippen LogP contribution in [0.2, 0.25) is 0 Å². The van der Waals surface area contributed by atoms with Crippen LogP contribution in [0.5, 0.6) is 5.75 Å². The van der Waals surface area contributed by atoms with Gasteiger partial charge >= 0.3 is 35.5 Å². The third-order valence-corrected chi connectivity index (χ3v) is 1.72. The Morgan fingerprint density at radius 2 is 1.86 bits per heavy atom. The molecule has 0 atom stereocenters. The molecule has 0 aliphatic carbocycles. The Morgan fingerprint density at radius 1 is 1.29 bits per heavy atom. The van der Waals surface area contributed by atoms with Crippen molar-refractivity contribution in [1.29, 1.82) is 0 Å². The van der Waals surface area contributed by atoms with Gasteiger partial charge in [0.1, 0.15) is 5.75 Å². The second-order valence-electron chi connectivity index (χ2n) is 2.99. The molecule has 0 bridgehead atoms. The number of hydrogen-bond donors (Lipinski definition) is 0. The van der Waals surface area contributed by atoms with Crippen molar-refractivity contribution in [3.8, 4) is 5.75 Å². The molecule has 0 aromatic heterocycles. The van der Waals surface area contributed by atoms with Crippen LogP contribution in [0.15, 0.2) is 24.3 Å². The Labute approximate surface area is 107 Å². The van der Waals surface area contributed by atoms with Crippen molar-refractivity contribution in [2.45, 2.75) is 26.7 Å². The molecule has 0 saturated carbocycles. The van der Waals surface area contributed by atoms with Crippen LogP contribution in [0, 0.1) is 0 Å². The summed E-state index contributed by atoms with van der Waals surface area (Å²) >= 11 is 0. The van der Waals surface area contributed by atoms with Crippen molar-refractivity contribution in [2.24, 2.45) is 0 Å². The van der Waals surface area contributed by atoms with Gasteiger partial charge in [-0.1, -0.05) is 25.5 Å². The molecule has 0 spiro atoms. The molecule has 0 amide bonds. The van der Waals surface area contributed by atoms with Crippen LogP contribution in [0.1, 0.15) is 25.8 Å². The van der Waals surface area contributed by atoms with Crippen molar-refractivity contribution < 1.29 is 9.53 Å². The van der Waals surface area contributed by atoms with Crippen LogP contribution in [-0.4, -0.2) is 35.5 Å². The number of carbonyl (C=O) groups is 1. The molecule has 0 heterocycles. The molecule has 1 aromatic rings. The first-order valence-electron chi connectivity index (χ1n) is 4.49. The SMILES string of the molecule is CCCc1ccc(OC(C)=O)cc1.[NaH]. The Bertz CT molecular complexity index is 280. The van der Waals surface area contributed by atoms with E-state index in [1.807, 2.05) is 24.3 Å². The second kappa shape index (κ2) is 7.04. The van der Waals surface area contributed by atoms with Gasteiger partial charge in [-0.15, -0.1) is 0 Å². The van der Waals surface area contributed by atoms with E-state index >= 15 is 0 Å². The second-order valence-corrected chi connectivity index (χ2v) is 2.99. The molecule has 0 unspecified atom stereocenters. The van der Waals surface area contributed by atoms with Gasteiger partial charge in [0.15, 0.2) is 0 Å². The summed E-state index contributed by atoms with van der Waals surface area (Å²) in [5.41, 5.74) is 1.28. The average molecular weight is 202 g/mol. The first-order valence-corrected chi connectivity index (χ1v) is 4.49. The van der Waals surface area contributed by atoms with Gasteiger partial charge in [-0.05, 0) is 24.1 Å². The molecule has 72 valence electrons. The summed E-state index contributed by atoms with van der Waals surface area (Å²) in [4.78, 5) is 10.6. The fraction of sp³-hybridized carbons (Fsp3) is 0.364. The summed E-state index contributed by atoms with van der Waals surface area (Å²) in [7, 11) is 0. The molecule has 0 radical (unpaired) electrons. The topological polar surface area (TPSA) is 26.3 Å². The summed E-state index contributed by atoms with van der Waals surface area (Å²) in [5.74, 6) is 0.343. The number of ether oxygens (including phenoxy) is 1. The van der Waals surface area contributed by atoms with E-state index in [1.165, 1.54) is 12.5 Å². The number of rotatable bonds is 3. The monoisotopic (exact) mass is 202 g/mol. The maximum absolute atomic E-state index is 10.6. The quantitative estimate of drug-likeness (QED) is 0.425. The standard InChI is InChI=1S/C11H14O2.Na.H/c1-3-4-10-5-7-11(8-6-10)13-9(2)12;;/h5-8H,3-4H2,1-2H3;;. The van der Waals surface area contributed by atoms with Crippen LogP contribution in [0.25, 0.3) is 0 Å². The zero-order valence-electron chi connectivity index (χ0n) is 8.04. The van der Waals surface area contributed by atoms with Gasteiger partial charge in [0.05, 0.1) is 0 Å². The first-order chi connectivity index (χ1) is 6.22. The molecule has 3 heteroatoms. The van der Waals surface area contributed by atoms with E-state index in [0.29, 0.717) is 5.75 Å². The van der Waals surface area contributed by atoms with E-state index in [0.717, 1.165) is 12.8 Å². The Balaban J connectivity index is 0.00000169. The molecule has 0 saturated heterocycles. The molecule has 0 aliphatic rings. The minimum absolute atomic E-state index is 0. The molecule has 0 aliphatic heterocycles. The zero-order chi connectivity index (χ0) is 9.68. The molecule has 1 rings (SSSR count). The molecular formula is C11H15NaO2. The normalized spacial score (nSPS) is 9.00. The van der Waals surface area contributed by atoms with E-state index in [-0.39, 0.29) is 35.5 Å². The molecule has 2 nitrogen and oxygen atoms in total. The molecule has 1 aromatic carbocycles. The summed E-state index contributed by atoms with van der Waals surface area (Å²) < 4.78 is 4.91. The van der Waals surface area contributed by atoms with Crippen LogP contribution >= 0.6 is 0 Å². The number of aryl methyl sites for hydroxylation is 1. The predicted molar refractivity (Wildman–Crippen MR) is 58.9 cm³/mol. The van der Waals surface area contributed by atoms with Gasteiger partial charge < -0.3 is 4.74 Å². The van der Waals surface area contributed by atoms with E-state index in [9.17, 15) is 4.79 Å². The van der Waals surface area contributed by atoms with E-state index in [4.69, 9.17) is 4.74 Å². The van der Waals surface area contributed by atoms with Gasteiger partial charge in [0, 0.05) is 6.92 Å². The van der Waals surface area contributed by atoms with E-state index < -0.39 is 0 Å². The predicted octanol–water partition coefficient (Wildman–Crippen LogP) is 1.92. The zero-order valence-corrected chi connectivity index (χ0v) is 8.04. The van der Waals surface area contributed by atoms with E-state index in [1.54, 1.807) is 0 Å². The van der Waals surface area contributed by atoms with Crippen LogP contribution in [0.3, 0.4) is 0 Å². The number of carbonyl (C=O) groups excluding carboxylic acids is 1. The minimum atomic E-state index is -0.275. The first kappa shape index (κ1) is 13.7. The Kier molecular flexibility index (Phi) is 6.89. The number of benzene rings is 1. The summed E-state index contributed by atoms with van der Waals surface area (Å²) in [6, 6.07) is 7.63. The Hall–Kier alpha value is -0.310. The third kappa shape index (κ3) is 4.80. The molecule has 0 N–H and O–H groups in total. The average Bonchev–Trinajstić information content (AvgIpc) is 2.08. The van der Waals surface area contributed by atoms with Gasteiger partial charge in [-0.2, -0.15) is 0 Å². The van der Waals surface area contributed by atoms with Gasteiger partial charge in [-0.25, -0.2) is 0 Å². The van der Waals surface area contributed by atoms with E-state index in [2.05, 4.69) is 6.92 Å². The van der Waals surface area contributed by atoms with Gasteiger partial charge in [-0.3, -0.25) is 4.79 Å². The van der Waals surface area contributed by atoms with Crippen LogP contribution < -0.4 is 4.74 Å². The molecule has 0 fully saturated rings. The van der Waals surface area contributed by atoms with Crippen molar-refractivity contribution in [2.75, 3.05) is 0 Å². The molecular weight excluding hydrogens is 187 g/mol. The fourth-order valence-corrected chi connectivity index (χ4v) is 1.18. The van der Waals surface area contributed by atoms with Crippen molar-refractivity contribution >= 4 is 35.5 Å². The van der Waals surface area contributed by atoms with Gasteiger partial charge in [0.25, 0.3) is 0 Å². The van der Waals surface area contributed by atoms with Crippen molar-refractivity contribution in [3.63, 3.8) is 0 Å². The summed E-state index contributed by atoms with van der Waals surface area (Å²) in [5, 5.41) is 0.